The smallest absolute Gasteiger partial charge is 0.290 e. The number of thiophene rings is 1. The van der Waals surface area contributed by atoms with Crippen molar-refractivity contribution >= 4 is 23.2 Å². The van der Waals surface area contributed by atoms with Gasteiger partial charge in [0, 0.05) is 22.8 Å². The molecule has 0 aliphatic carbocycles. The van der Waals surface area contributed by atoms with E-state index in [0.29, 0.717) is 19.6 Å². The fourth-order valence-electron chi connectivity index (χ4n) is 3.14. The lowest BCUT2D eigenvalue weighted by molar-refractivity contribution is -0.133. The predicted molar refractivity (Wildman–Crippen MR) is 115 cm³/mol. The van der Waals surface area contributed by atoms with E-state index >= 15 is 0 Å². The van der Waals surface area contributed by atoms with Crippen LogP contribution < -0.4 is 0 Å². The van der Waals surface area contributed by atoms with Crippen molar-refractivity contribution < 1.29 is 18.4 Å². The summed E-state index contributed by atoms with van der Waals surface area (Å²) in [6.45, 7) is 5.16. The molecule has 0 saturated heterocycles. The number of aryl methyl sites for hydroxylation is 1. The fourth-order valence-corrected chi connectivity index (χ4v) is 4.05. The summed E-state index contributed by atoms with van der Waals surface area (Å²) in [6, 6.07) is 13.4. The molecule has 0 N–H and O–H groups in total. The number of furan rings is 1. The van der Waals surface area contributed by atoms with Crippen LogP contribution in [0.5, 0.6) is 0 Å². The highest BCUT2D eigenvalue weighted by Crippen LogP contribution is 2.19. The topological polar surface area (TPSA) is 53.8 Å². The van der Waals surface area contributed by atoms with Crippen LogP contribution in [0.1, 0.15) is 39.2 Å². The second-order valence-electron chi connectivity index (χ2n) is 7.09. The van der Waals surface area contributed by atoms with Gasteiger partial charge in [-0.05, 0) is 55.3 Å². The third-order valence-electron chi connectivity index (χ3n) is 4.62. The van der Waals surface area contributed by atoms with Gasteiger partial charge in [-0.1, -0.05) is 19.1 Å². The van der Waals surface area contributed by atoms with E-state index in [-0.39, 0.29) is 29.9 Å². The lowest BCUT2D eigenvalue weighted by atomic mass is 10.2. The van der Waals surface area contributed by atoms with Crippen LogP contribution in [0.3, 0.4) is 0 Å². The quantitative estimate of drug-likeness (QED) is 0.489. The van der Waals surface area contributed by atoms with Crippen molar-refractivity contribution in [2.75, 3.05) is 13.1 Å². The van der Waals surface area contributed by atoms with Crippen molar-refractivity contribution in [3.8, 4) is 0 Å². The number of hydrogen-bond donors (Lipinski definition) is 0. The first kappa shape index (κ1) is 21.8. The van der Waals surface area contributed by atoms with Crippen LogP contribution in [0.25, 0.3) is 0 Å². The second kappa shape index (κ2) is 10.2. The van der Waals surface area contributed by atoms with Gasteiger partial charge >= 0.3 is 0 Å². The predicted octanol–water partition coefficient (Wildman–Crippen LogP) is 4.87. The molecule has 0 unspecified atom stereocenters. The Bertz CT molecular complexity index is 967. The number of rotatable bonds is 9. The van der Waals surface area contributed by atoms with Crippen LogP contribution in [0, 0.1) is 12.7 Å². The van der Waals surface area contributed by atoms with Crippen molar-refractivity contribution in [2.45, 2.75) is 33.4 Å². The van der Waals surface area contributed by atoms with E-state index in [1.807, 2.05) is 26.0 Å². The molecule has 0 aliphatic rings. The number of carbonyl (C=O) groups is 2. The van der Waals surface area contributed by atoms with Crippen LogP contribution >= 0.6 is 11.3 Å². The number of hydrogen-bond acceptors (Lipinski definition) is 4. The molecule has 0 fully saturated rings. The van der Waals surface area contributed by atoms with Crippen LogP contribution in [0.4, 0.5) is 4.39 Å². The molecule has 3 rings (SSSR count). The minimum atomic E-state index is -0.316. The Morgan fingerprint density at radius 3 is 2.40 bits per heavy atom. The summed E-state index contributed by atoms with van der Waals surface area (Å²) < 4.78 is 18.5. The van der Waals surface area contributed by atoms with Gasteiger partial charge in [-0.15, -0.1) is 11.3 Å². The molecule has 0 saturated carbocycles. The molecule has 7 heteroatoms. The van der Waals surface area contributed by atoms with Gasteiger partial charge in [-0.2, -0.15) is 0 Å². The Balaban J connectivity index is 1.78. The van der Waals surface area contributed by atoms with Crippen LogP contribution in [-0.2, 0) is 17.9 Å². The summed E-state index contributed by atoms with van der Waals surface area (Å²) in [5, 5.41) is 0. The normalized spacial score (nSPS) is 10.8. The zero-order chi connectivity index (χ0) is 21.5. The molecule has 3 aromatic rings. The summed E-state index contributed by atoms with van der Waals surface area (Å²) in [4.78, 5) is 31.4. The van der Waals surface area contributed by atoms with Crippen LogP contribution in [0.2, 0.25) is 0 Å². The first-order valence-corrected chi connectivity index (χ1v) is 10.7. The summed E-state index contributed by atoms with van der Waals surface area (Å²) in [5.74, 6) is -0.568. The van der Waals surface area contributed by atoms with Gasteiger partial charge in [0.2, 0.25) is 5.91 Å². The number of benzene rings is 1. The zero-order valence-corrected chi connectivity index (χ0v) is 18.0. The van der Waals surface area contributed by atoms with Gasteiger partial charge in [-0.25, -0.2) is 4.39 Å². The van der Waals surface area contributed by atoms with E-state index in [1.165, 1.54) is 28.2 Å². The Morgan fingerprint density at radius 2 is 1.80 bits per heavy atom. The molecule has 0 bridgehead atoms. The van der Waals surface area contributed by atoms with E-state index in [9.17, 15) is 14.0 Å². The van der Waals surface area contributed by atoms with Gasteiger partial charge < -0.3 is 14.2 Å². The van der Waals surface area contributed by atoms with Crippen molar-refractivity contribution in [2.24, 2.45) is 0 Å². The number of nitrogens with zero attached hydrogens (tertiary/aromatic N) is 2. The van der Waals surface area contributed by atoms with Gasteiger partial charge in [0.15, 0.2) is 5.76 Å². The van der Waals surface area contributed by atoms with E-state index in [0.717, 1.165) is 16.9 Å². The second-order valence-corrected chi connectivity index (χ2v) is 8.47. The minimum Gasteiger partial charge on any atom is -0.459 e. The van der Waals surface area contributed by atoms with Crippen LogP contribution in [-0.4, -0.2) is 34.7 Å². The van der Waals surface area contributed by atoms with Gasteiger partial charge in [0.25, 0.3) is 5.91 Å². The van der Waals surface area contributed by atoms with Gasteiger partial charge in [0.1, 0.15) is 12.4 Å². The molecule has 0 radical (unpaired) electrons. The molecule has 30 heavy (non-hydrogen) atoms. The standard InChI is InChI=1S/C23H25FN2O3S/c1-3-12-25(23(28)21-5-4-13-29-21)16-22(27)26(15-20-11-6-17(2)30-20)14-18-7-9-19(24)10-8-18/h4-11,13H,3,12,14-16H2,1-2H3. The molecule has 2 amide bonds. The monoisotopic (exact) mass is 428 g/mol. The highest BCUT2D eigenvalue weighted by Gasteiger charge is 2.24. The van der Waals surface area contributed by atoms with Crippen molar-refractivity contribution in [1.29, 1.82) is 0 Å². The Morgan fingerprint density at radius 1 is 1.03 bits per heavy atom. The molecule has 5 nitrogen and oxygen atoms in total. The van der Waals surface area contributed by atoms with Crippen LogP contribution in [0.15, 0.2) is 59.2 Å². The Hall–Kier alpha value is -2.93. The lowest BCUT2D eigenvalue weighted by Gasteiger charge is -2.27. The average Bonchev–Trinajstić information content (AvgIpc) is 3.40. The Labute approximate surface area is 179 Å². The molecular formula is C23H25FN2O3S. The molecule has 158 valence electrons. The van der Waals surface area contributed by atoms with Gasteiger partial charge in [0.05, 0.1) is 12.8 Å². The van der Waals surface area contributed by atoms with E-state index < -0.39 is 0 Å². The van der Waals surface area contributed by atoms with E-state index in [1.54, 1.807) is 40.5 Å². The summed E-state index contributed by atoms with van der Waals surface area (Å²) >= 11 is 1.63. The molecular weight excluding hydrogens is 403 g/mol. The largest absolute Gasteiger partial charge is 0.459 e. The first-order valence-electron chi connectivity index (χ1n) is 9.86. The SMILES string of the molecule is CCCN(CC(=O)N(Cc1ccc(F)cc1)Cc1ccc(C)s1)C(=O)c1ccco1. The number of halogens is 1. The molecule has 2 heterocycles. The summed E-state index contributed by atoms with van der Waals surface area (Å²) in [7, 11) is 0. The van der Waals surface area contributed by atoms with Gasteiger partial charge in [-0.3, -0.25) is 9.59 Å². The first-order chi connectivity index (χ1) is 14.5. The maximum Gasteiger partial charge on any atom is 0.290 e. The highest BCUT2D eigenvalue weighted by molar-refractivity contribution is 7.11. The minimum absolute atomic E-state index is 0.0427. The fraction of sp³-hybridized carbons (Fsp3) is 0.304. The maximum atomic E-state index is 13.3. The summed E-state index contributed by atoms with van der Waals surface area (Å²) in [6.07, 6.45) is 2.17. The molecule has 0 spiro atoms. The zero-order valence-electron chi connectivity index (χ0n) is 17.1. The Kier molecular flexibility index (Phi) is 7.41. The van der Waals surface area contributed by atoms with Crippen molar-refractivity contribution in [3.63, 3.8) is 0 Å². The molecule has 0 atom stereocenters. The summed E-state index contributed by atoms with van der Waals surface area (Å²) in [5.41, 5.74) is 0.831. The lowest BCUT2D eigenvalue weighted by Crippen LogP contribution is -2.42. The average molecular weight is 429 g/mol. The number of carbonyl (C=O) groups excluding carboxylic acids is 2. The van der Waals surface area contributed by atoms with Crippen molar-refractivity contribution in [3.05, 3.63) is 81.7 Å². The van der Waals surface area contributed by atoms with E-state index in [4.69, 9.17) is 4.42 Å². The molecule has 2 aromatic heterocycles. The van der Waals surface area contributed by atoms with E-state index in [2.05, 4.69) is 0 Å². The third kappa shape index (κ3) is 5.79. The third-order valence-corrected chi connectivity index (χ3v) is 5.61. The molecule has 0 aliphatic heterocycles. The highest BCUT2D eigenvalue weighted by atomic mass is 32.1. The van der Waals surface area contributed by atoms with Crippen molar-refractivity contribution in [1.82, 2.24) is 9.80 Å². The maximum absolute atomic E-state index is 13.3. The molecule has 1 aromatic carbocycles. The number of amides is 2.